The first-order valence-corrected chi connectivity index (χ1v) is 9.44. The number of sulfone groups is 1. The number of halogens is 1. The molecule has 20 heavy (non-hydrogen) atoms. The van der Waals surface area contributed by atoms with Crippen LogP contribution in [0.2, 0.25) is 0 Å². The summed E-state index contributed by atoms with van der Waals surface area (Å²) in [5, 5.41) is 10.2. The molecule has 1 saturated heterocycles. The molecule has 0 saturated carbocycles. The minimum Gasteiger partial charge on any atom is -0.388 e. The number of aliphatic hydroxyl groups is 1. The molecular formula is C14H20BrNO3S. The van der Waals surface area contributed by atoms with Gasteiger partial charge in [-0.05, 0) is 37.1 Å². The van der Waals surface area contributed by atoms with Crippen molar-refractivity contribution in [1.82, 2.24) is 4.90 Å². The van der Waals surface area contributed by atoms with E-state index in [-0.39, 0.29) is 5.75 Å². The first-order valence-electron chi connectivity index (χ1n) is 6.82. The highest BCUT2D eigenvalue weighted by Crippen LogP contribution is 2.20. The number of benzene rings is 1. The molecule has 1 atom stereocenters. The molecule has 1 fully saturated rings. The maximum absolute atomic E-state index is 11.5. The molecule has 1 unspecified atom stereocenters. The minimum atomic E-state index is -2.86. The number of hydrogen-bond acceptors (Lipinski definition) is 4. The Morgan fingerprint density at radius 1 is 1.20 bits per heavy atom. The molecule has 0 amide bonds. The average molecular weight is 362 g/mol. The van der Waals surface area contributed by atoms with E-state index < -0.39 is 15.9 Å². The van der Waals surface area contributed by atoms with Crippen molar-refractivity contribution in [3.05, 3.63) is 34.3 Å². The summed E-state index contributed by atoms with van der Waals surface area (Å²) >= 11 is 3.37. The van der Waals surface area contributed by atoms with Gasteiger partial charge in [0, 0.05) is 17.6 Å². The molecule has 0 bridgehead atoms. The molecule has 4 nitrogen and oxygen atoms in total. The van der Waals surface area contributed by atoms with Gasteiger partial charge >= 0.3 is 0 Å². The zero-order valence-electron chi connectivity index (χ0n) is 11.3. The van der Waals surface area contributed by atoms with Crippen LogP contribution >= 0.6 is 15.9 Å². The van der Waals surface area contributed by atoms with Gasteiger partial charge < -0.3 is 10.0 Å². The van der Waals surface area contributed by atoms with Gasteiger partial charge in [-0.2, -0.15) is 0 Å². The van der Waals surface area contributed by atoms with Gasteiger partial charge in [0.2, 0.25) is 0 Å². The quantitative estimate of drug-likeness (QED) is 0.890. The first-order chi connectivity index (χ1) is 9.46. The summed E-state index contributed by atoms with van der Waals surface area (Å²) in [6, 6.07) is 7.64. The van der Waals surface area contributed by atoms with Gasteiger partial charge in [-0.3, -0.25) is 0 Å². The number of nitrogens with zero attached hydrogens (tertiary/aromatic N) is 1. The second-order valence-corrected chi connectivity index (χ2v) is 8.42. The molecule has 1 heterocycles. The summed E-state index contributed by atoms with van der Waals surface area (Å²) in [7, 11) is -2.86. The lowest BCUT2D eigenvalue weighted by Crippen LogP contribution is -2.29. The largest absolute Gasteiger partial charge is 0.388 e. The van der Waals surface area contributed by atoms with Crippen molar-refractivity contribution in [2.24, 2.45) is 0 Å². The van der Waals surface area contributed by atoms with E-state index in [0.717, 1.165) is 23.1 Å². The average Bonchev–Trinajstić information content (AvgIpc) is 2.58. The lowest BCUT2D eigenvalue weighted by molar-refractivity contribution is 0.144. The molecule has 1 aromatic rings. The summed E-state index contributed by atoms with van der Waals surface area (Å²) in [5.74, 6) is 0.528. The second kappa shape index (κ2) is 7.02. The van der Waals surface area contributed by atoms with Crippen LogP contribution in [0.4, 0.5) is 0 Å². The molecule has 1 aliphatic heterocycles. The Morgan fingerprint density at radius 3 is 2.60 bits per heavy atom. The monoisotopic (exact) mass is 361 g/mol. The zero-order chi connectivity index (χ0) is 14.6. The Hall–Kier alpha value is -0.430. The predicted octanol–water partition coefficient (Wildman–Crippen LogP) is 1.99. The van der Waals surface area contributed by atoms with Gasteiger partial charge in [0.1, 0.15) is 0 Å². The maximum atomic E-state index is 11.5. The van der Waals surface area contributed by atoms with Crippen LogP contribution in [0.3, 0.4) is 0 Å². The van der Waals surface area contributed by atoms with Crippen molar-refractivity contribution in [3.63, 3.8) is 0 Å². The van der Waals surface area contributed by atoms with Gasteiger partial charge in [0.25, 0.3) is 0 Å². The zero-order valence-corrected chi connectivity index (χ0v) is 13.7. The van der Waals surface area contributed by atoms with E-state index in [1.54, 1.807) is 0 Å². The third-order valence-corrected chi connectivity index (χ3v) is 5.87. The Balaban J connectivity index is 1.84. The molecule has 0 radical (unpaired) electrons. The van der Waals surface area contributed by atoms with Gasteiger partial charge in [-0.15, -0.1) is 0 Å². The van der Waals surface area contributed by atoms with E-state index >= 15 is 0 Å². The van der Waals surface area contributed by atoms with Crippen molar-refractivity contribution >= 4 is 25.8 Å². The second-order valence-electron chi connectivity index (χ2n) is 5.20. The van der Waals surface area contributed by atoms with Crippen molar-refractivity contribution in [1.29, 1.82) is 0 Å². The highest BCUT2D eigenvalue weighted by molar-refractivity contribution is 9.10. The highest BCUT2D eigenvalue weighted by Gasteiger charge is 2.19. The molecule has 1 N–H and O–H groups in total. The van der Waals surface area contributed by atoms with Gasteiger partial charge in [0.15, 0.2) is 9.84 Å². The van der Waals surface area contributed by atoms with Crippen LogP contribution in [-0.4, -0.2) is 49.6 Å². The van der Waals surface area contributed by atoms with E-state index in [1.165, 1.54) is 0 Å². The maximum Gasteiger partial charge on any atom is 0.151 e. The number of hydrogen-bond donors (Lipinski definition) is 1. The van der Waals surface area contributed by atoms with Crippen LogP contribution in [0, 0.1) is 0 Å². The Labute approximate surface area is 128 Å². The van der Waals surface area contributed by atoms with Crippen molar-refractivity contribution in [2.75, 3.05) is 31.1 Å². The smallest absolute Gasteiger partial charge is 0.151 e. The molecule has 1 aromatic carbocycles. The van der Waals surface area contributed by atoms with Gasteiger partial charge in [-0.1, -0.05) is 28.1 Å². The molecule has 1 aliphatic rings. The topological polar surface area (TPSA) is 57.6 Å². The van der Waals surface area contributed by atoms with Crippen LogP contribution in [0.5, 0.6) is 0 Å². The molecule has 112 valence electrons. The predicted molar refractivity (Wildman–Crippen MR) is 83.4 cm³/mol. The molecule has 0 aromatic heterocycles. The van der Waals surface area contributed by atoms with E-state index in [9.17, 15) is 13.5 Å². The molecule has 6 heteroatoms. The van der Waals surface area contributed by atoms with E-state index in [0.29, 0.717) is 25.1 Å². The summed E-state index contributed by atoms with van der Waals surface area (Å²) < 4.78 is 24.0. The van der Waals surface area contributed by atoms with E-state index in [4.69, 9.17) is 0 Å². The van der Waals surface area contributed by atoms with Gasteiger partial charge in [0.05, 0.1) is 17.6 Å². The Kier molecular flexibility index (Phi) is 5.60. The summed E-state index contributed by atoms with van der Waals surface area (Å²) in [6.07, 6.45) is 0.821. The van der Waals surface area contributed by atoms with Crippen LogP contribution in [0.15, 0.2) is 28.7 Å². The summed E-state index contributed by atoms with van der Waals surface area (Å²) in [6.45, 7) is 2.11. The third-order valence-electron chi connectivity index (χ3n) is 3.62. The fourth-order valence-electron chi connectivity index (χ4n) is 2.37. The van der Waals surface area contributed by atoms with Crippen LogP contribution in [0.25, 0.3) is 0 Å². The minimum absolute atomic E-state index is 0.237. The Bertz CT molecular complexity index is 530. The number of aliphatic hydroxyl groups excluding tert-OH is 1. The highest BCUT2D eigenvalue weighted by atomic mass is 79.9. The summed E-state index contributed by atoms with van der Waals surface area (Å²) in [5.41, 5.74) is 0.899. The van der Waals surface area contributed by atoms with Crippen molar-refractivity contribution in [2.45, 2.75) is 18.9 Å². The lowest BCUT2D eigenvalue weighted by atomic mass is 10.1. The normalized spacial score (nSPS) is 21.3. The van der Waals surface area contributed by atoms with Crippen LogP contribution in [-0.2, 0) is 9.84 Å². The molecule has 2 rings (SSSR count). The molecular weight excluding hydrogens is 342 g/mol. The third kappa shape index (κ3) is 4.84. The van der Waals surface area contributed by atoms with Crippen molar-refractivity contribution < 1.29 is 13.5 Å². The van der Waals surface area contributed by atoms with Gasteiger partial charge in [-0.25, -0.2) is 8.42 Å². The lowest BCUT2D eigenvalue weighted by Gasteiger charge is -2.21. The molecule has 0 spiro atoms. The summed E-state index contributed by atoms with van der Waals surface area (Å²) in [4.78, 5) is 2.13. The fourth-order valence-corrected chi connectivity index (χ4v) is 3.94. The van der Waals surface area contributed by atoms with E-state index in [2.05, 4.69) is 20.8 Å². The SMILES string of the molecule is O=S1(=O)CCCN(CCC(O)c2ccc(Br)cc2)CC1. The standard InChI is InChI=1S/C14H20BrNO3S/c15-13-4-2-12(3-5-13)14(17)6-8-16-7-1-10-20(18,19)11-9-16/h2-5,14,17H,1,6-11H2. The first kappa shape index (κ1) is 15.9. The Morgan fingerprint density at radius 2 is 1.90 bits per heavy atom. The molecule has 0 aliphatic carbocycles. The van der Waals surface area contributed by atoms with Crippen LogP contribution < -0.4 is 0 Å². The van der Waals surface area contributed by atoms with E-state index in [1.807, 2.05) is 24.3 Å². The number of rotatable bonds is 4. The van der Waals surface area contributed by atoms with Crippen LogP contribution in [0.1, 0.15) is 24.5 Å². The fraction of sp³-hybridized carbons (Fsp3) is 0.571. The van der Waals surface area contributed by atoms with Crippen molar-refractivity contribution in [3.8, 4) is 0 Å².